The Labute approximate surface area is 92.2 Å². The van der Waals surface area contributed by atoms with E-state index in [-0.39, 0.29) is 0 Å². The van der Waals surface area contributed by atoms with Crippen molar-refractivity contribution in [2.75, 3.05) is 6.54 Å². The van der Waals surface area contributed by atoms with E-state index in [0.29, 0.717) is 6.04 Å². The maximum Gasteiger partial charge on any atom is 0.137 e. The van der Waals surface area contributed by atoms with Crippen molar-refractivity contribution < 1.29 is 0 Å². The zero-order valence-corrected chi connectivity index (χ0v) is 9.31. The molecule has 0 amide bonds. The third-order valence-corrected chi connectivity index (χ3v) is 2.76. The number of aromatic nitrogens is 4. The molecule has 1 unspecified atom stereocenters. The van der Waals surface area contributed by atoms with Crippen LogP contribution >= 0.6 is 11.3 Å². The molecule has 0 aromatic carbocycles. The van der Waals surface area contributed by atoms with E-state index in [0.717, 1.165) is 18.8 Å². The summed E-state index contributed by atoms with van der Waals surface area (Å²) in [6.45, 7) is 3.80. The summed E-state index contributed by atoms with van der Waals surface area (Å²) in [6, 6.07) is 0.291. The zero-order chi connectivity index (χ0) is 10.5. The summed E-state index contributed by atoms with van der Waals surface area (Å²) in [5.74, 6) is 0. The van der Waals surface area contributed by atoms with Crippen molar-refractivity contribution in [2.24, 2.45) is 0 Å². The van der Waals surface area contributed by atoms with Crippen molar-refractivity contribution in [3.63, 3.8) is 0 Å². The van der Waals surface area contributed by atoms with Crippen LogP contribution in [0.1, 0.15) is 18.7 Å². The minimum absolute atomic E-state index is 0.291. The monoisotopic (exact) mass is 223 g/mol. The Morgan fingerprint density at radius 1 is 1.60 bits per heavy atom. The van der Waals surface area contributed by atoms with Gasteiger partial charge < -0.3 is 5.32 Å². The quantitative estimate of drug-likeness (QED) is 0.824. The summed E-state index contributed by atoms with van der Waals surface area (Å²) in [6.07, 6.45) is 3.26. The molecule has 0 radical (unpaired) electrons. The van der Waals surface area contributed by atoms with Crippen LogP contribution in [0.3, 0.4) is 0 Å². The molecule has 15 heavy (non-hydrogen) atoms. The summed E-state index contributed by atoms with van der Waals surface area (Å²) in [5, 5.41) is 9.47. The Morgan fingerprint density at radius 2 is 2.53 bits per heavy atom. The van der Waals surface area contributed by atoms with Gasteiger partial charge in [-0.05, 0) is 6.92 Å². The fourth-order valence-electron chi connectivity index (χ4n) is 1.28. The van der Waals surface area contributed by atoms with E-state index < -0.39 is 0 Å². The Morgan fingerprint density at radius 3 is 3.20 bits per heavy atom. The highest BCUT2D eigenvalue weighted by Gasteiger charge is 2.05. The number of thiazole rings is 1. The summed E-state index contributed by atoms with van der Waals surface area (Å²) in [7, 11) is 0. The molecule has 6 heteroatoms. The molecule has 2 aromatic rings. The third kappa shape index (κ3) is 2.84. The van der Waals surface area contributed by atoms with Gasteiger partial charge in [0.05, 0.1) is 17.7 Å². The Hall–Kier alpha value is -1.27. The molecule has 0 bridgehead atoms. The number of nitrogens with zero attached hydrogens (tertiary/aromatic N) is 4. The van der Waals surface area contributed by atoms with Gasteiger partial charge in [-0.15, -0.1) is 11.3 Å². The van der Waals surface area contributed by atoms with E-state index in [2.05, 4.69) is 32.7 Å². The highest BCUT2D eigenvalue weighted by molar-refractivity contribution is 7.07. The fraction of sp³-hybridized carbons (Fsp3) is 0.444. The average Bonchev–Trinajstić information content (AvgIpc) is 2.90. The maximum absolute atomic E-state index is 4.25. The van der Waals surface area contributed by atoms with Crippen molar-refractivity contribution in [3.8, 4) is 0 Å². The van der Waals surface area contributed by atoms with Crippen LogP contribution in [-0.4, -0.2) is 26.3 Å². The minimum atomic E-state index is 0.291. The maximum atomic E-state index is 4.25. The minimum Gasteiger partial charge on any atom is -0.307 e. The molecule has 0 aliphatic carbocycles. The second kappa shape index (κ2) is 4.99. The highest BCUT2D eigenvalue weighted by Crippen LogP contribution is 2.11. The molecular formula is C9H13N5S. The molecule has 0 aliphatic rings. The number of nitrogens with one attached hydrogen (secondary N) is 1. The summed E-state index contributed by atoms with van der Waals surface area (Å²) < 4.78 is 1.81. The van der Waals surface area contributed by atoms with Crippen molar-refractivity contribution in [2.45, 2.75) is 19.5 Å². The van der Waals surface area contributed by atoms with Crippen molar-refractivity contribution >= 4 is 11.3 Å². The van der Waals surface area contributed by atoms with Gasteiger partial charge in [0.1, 0.15) is 12.7 Å². The van der Waals surface area contributed by atoms with Gasteiger partial charge in [-0.1, -0.05) is 0 Å². The molecule has 0 saturated heterocycles. The molecule has 2 aromatic heterocycles. The van der Waals surface area contributed by atoms with Crippen LogP contribution < -0.4 is 5.32 Å². The van der Waals surface area contributed by atoms with Crippen LogP contribution in [-0.2, 0) is 6.54 Å². The van der Waals surface area contributed by atoms with Gasteiger partial charge in [-0.3, -0.25) is 4.68 Å². The zero-order valence-electron chi connectivity index (χ0n) is 8.50. The molecular weight excluding hydrogens is 210 g/mol. The summed E-state index contributed by atoms with van der Waals surface area (Å²) in [5.41, 5.74) is 2.95. The lowest BCUT2D eigenvalue weighted by atomic mass is 10.2. The van der Waals surface area contributed by atoms with E-state index in [9.17, 15) is 0 Å². The van der Waals surface area contributed by atoms with Crippen molar-refractivity contribution in [1.82, 2.24) is 25.1 Å². The van der Waals surface area contributed by atoms with Crippen LogP contribution in [0.5, 0.6) is 0 Å². The van der Waals surface area contributed by atoms with Gasteiger partial charge in [0.15, 0.2) is 0 Å². The topological polar surface area (TPSA) is 55.6 Å². The lowest BCUT2D eigenvalue weighted by molar-refractivity contribution is 0.502. The van der Waals surface area contributed by atoms with Gasteiger partial charge in [-0.2, -0.15) is 5.10 Å². The molecule has 0 spiro atoms. The third-order valence-electron chi connectivity index (χ3n) is 2.15. The first-order valence-electron chi connectivity index (χ1n) is 4.80. The van der Waals surface area contributed by atoms with Gasteiger partial charge >= 0.3 is 0 Å². The lowest BCUT2D eigenvalue weighted by Crippen LogP contribution is -2.23. The SMILES string of the molecule is CC(NCCn1cncn1)c1cscn1. The molecule has 2 rings (SSSR count). The molecule has 0 fully saturated rings. The Balaban J connectivity index is 1.74. The number of rotatable bonds is 5. The van der Waals surface area contributed by atoms with Gasteiger partial charge in [0, 0.05) is 18.0 Å². The van der Waals surface area contributed by atoms with Crippen molar-refractivity contribution in [1.29, 1.82) is 0 Å². The number of hydrogen-bond donors (Lipinski definition) is 1. The first-order chi connectivity index (χ1) is 7.36. The second-order valence-corrected chi connectivity index (χ2v) is 3.97. The number of hydrogen-bond acceptors (Lipinski definition) is 5. The molecule has 5 nitrogen and oxygen atoms in total. The molecule has 2 heterocycles. The molecule has 1 N–H and O–H groups in total. The van der Waals surface area contributed by atoms with Crippen LogP contribution in [0.25, 0.3) is 0 Å². The van der Waals surface area contributed by atoms with E-state index in [1.165, 1.54) is 0 Å². The highest BCUT2D eigenvalue weighted by atomic mass is 32.1. The van der Waals surface area contributed by atoms with Gasteiger partial charge in [0.2, 0.25) is 0 Å². The van der Waals surface area contributed by atoms with E-state index in [1.54, 1.807) is 28.7 Å². The summed E-state index contributed by atoms with van der Waals surface area (Å²) in [4.78, 5) is 8.14. The second-order valence-electron chi connectivity index (χ2n) is 3.25. The smallest absolute Gasteiger partial charge is 0.137 e. The van der Waals surface area contributed by atoms with Crippen LogP contribution in [0.2, 0.25) is 0 Å². The molecule has 80 valence electrons. The van der Waals surface area contributed by atoms with E-state index in [4.69, 9.17) is 0 Å². The van der Waals surface area contributed by atoms with Crippen LogP contribution in [0, 0.1) is 0 Å². The Bertz CT molecular complexity index is 369. The van der Waals surface area contributed by atoms with Gasteiger partial charge in [0.25, 0.3) is 0 Å². The van der Waals surface area contributed by atoms with E-state index in [1.807, 2.05) is 5.51 Å². The standard InChI is InChI=1S/C9H13N5S/c1-8(9-4-15-7-12-9)11-2-3-14-6-10-5-13-14/h4-8,11H,2-3H2,1H3. The first-order valence-corrected chi connectivity index (χ1v) is 5.74. The molecule has 1 atom stereocenters. The Kier molecular flexibility index (Phi) is 3.41. The van der Waals surface area contributed by atoms with Crippen LogP contribution in [0.4, 0.5) is 0 Å². The predicted octanol–water partition coefficient (Wildman–Crippen LogP) is 1.09. The molecule has 0 aliphatic heterocycles. The summed E-state index contributed by atoms with van der Waals surface area (Å²) >= 11 is 1.62. The largest absolute Gasteiger partial charge is 0.307 e. The lowest BCUT2D eigenvalue weighted by Gasteiger charge is -2.10. The van der Waals surface area contributed by atoms with Crippen LogP contribution in [0.15, 0.2) is 23.5 Å². The first kappa shape index (κ1) is 10.3. The average molecular weight is 223 g/mol. The van der Waals surface area contributed by atoms with Crippen molar-refractivity contribution in [3.05, 3.63) is 29.2 Å². The normalized spacial score (nSPS) is 12.9. The molecule has 0 saturated carbocycles. The van der Waals surface area contributed by atoms with E-state index >= 15 is 0 Å². The predicted molar refractivity (Wildman–Crippen MR) is 58.6 cm³/mol. The fourth-order valence-corrected chi connectivity index (χ4v) is 1.93. The van der Waals surface area contributed by atoms with Gasteiger partial charge in [-0.25, -0.2) is 9.97 Å².